The van der Waals surface area contributed by atoms with Crippen molar-refractivity contribution in [1.82, 2.24) is 5.32 Å². The summed E-state index contributed by atoms with van der Waals surface area (Å²) in [4.78, 5) is 12.9. The Balaban J connectivity index is 2.36. The Bertz CT molecular complexity index is 1360. The summed E-state index contributed by atoms with van der Waals surface area (Å²) in [6, 6.07) is -0.852. The maximum absolute atomic E-state index is 12.9. The minimum atomic E-state index is -1.59. The third-order valence-corrected chi connectivity index (χ3v) is 10.0. The van der Waals surface area contributed by atoms with E-state index in [1.54, 1.807) is 6.08 Å². The molecule has 7 unspecified atom stereocenters. The maximum atomic E-state index is 12.9. The fourth-order valence-electron chi connectivity index (χ4n) is 6.30. The Kier molecular flexibility index (Phi) is 37.1. The molecule has 1 aliphatic rings. The van der Waals surface area contributed by atoms with E-state index in [-0.39, 0.29) is 18.9 Å². The van der Waals surface area contributed by atoms with Gasteiger partial charge in [-0.2, -0.15) is 0 Å². The molecule has 1 aliphatic heterocycles. The van der Waals surface area contributed by atoms with Crippen molar-refractivity contribution in [3.8, 4) is 0 Å². The van der Waals surface area contributed by atoms with E-state index in [0.717, 1.165) is 83.5 Å². The molecule has 0 spiro atoms. The lowest BCUT2D eigenvalue weighted by Gasteiger charge is -2.40. The lowest BCUT2D eigenvalue weighted by Crippen LogP contribution is -2.60. The van der Waals surface area contributed by atoms with Crippen molar-refractivity contribution in [2.75, 3.05) is 13.2 Å². The van der Waals surface area contributed by atoms with Crippen LogP contribution < -0.4 is 5.32 Å². The van der Waals surface area contributed by atoms with Gasteiger partial charge in [0.15, 0.2) is 6.29 Å². The lowest BCUT2D eigenvalue weighted by molar-refractivity contribution is -0.302. The first-order valence-corrected chi connectivity index (χ1v) is 23.3. The lowest BCUT2D eigenvalue weighted by atomic mass is 9.99. The molecule has 1 saturated heterocycles. The maximum Gasteiger partial charge on any atom is 0.220 e. The van der Waals surface area contributed by atoms with Crippen molar-refractivity contribution in [3.63, 3.8) is 0 Å². The molecule has 9 nitrogen and oxygen atoms in total. The van der Waals surface area contributed by atoms with Gasteiger partial charge in [0.05, 0.1) is 25.4 Å². The summed E-state index contributed by atoms with van der Waals surface area (Å²) in [6.07, 6.45) is 53.9. The van der Waals surface area contributed by atoms with E-state index in [2.05, 4.69) is 129 Å². The number of amides is 1. The van der Waals surface area contributed by atoms with Crippen LogP contribution in [0.2, 0.25) is 0 Å². The van der Waals surface area contributed by atoms with Crippen LogP contribution in [-0.2, 0) is 14.3 Å². The van der Waals surface area contributed by atoms with Crippen LogP contribution in [0.3, 0.4) is 0 Å². The predicted octanol–water partition coefficient (Wildman–Crippen LogP) is 10.1. The summed E-state index contributed by atoms with van der Waals surface area (Å²) in [6.45, 7) is 3.55. The first kappa shape index (κ1) is 55.6. The summed E-state index contributed by atoms with van der Waals surface area (Å²) in [5, 5.41) is 54.0. The Hall–Kier alpha value is -3.41. The molecule has 344 valence electrons. The van der Waals surface area contributed by atoms with Gasteiger partial charge < -0.3 is 40.3 Å². The average molecular weight is 850 g/mol. The highest BCUT2D eigenvalue weighted by Crippen LogP contribution is 2.22. The highest BCUT2D eigenvalue weighted by molar-refractivity contribution is 5.76. The molecular weight excluding hydrogens is 767 g/mol. The number of hydrogen-bond donors (Lipinski definition) is 6. The molecule has 1 fully saturated rings. The topological polar surface area (TPSA) is 149 Å². The van der Waals surface area contributed by atoms with Gasteiger partial charge in [0.25, 0.3) is 0 Å². The van der Waals surface area contributed by atoms with Crippen LogP contribution in [0.4, 0.5) is 0 Å². The van der Waals surface area contributed by atoms with Crippen LogP contribution in [0.15, 0.2) is 122 Å². The molecule has 0 aliphatic carbocycles. The fourth-order valence-corrected chi connectivity index (χ4v) is 6.30. The van der Waals surface area contributed by atoms with Crippen molar-refractivity contribution in [1.29, 1.82) is 0 Å². The van der Waals surface area contributed by atoms with Gasteiger partial charge in [-0.15, -0.1) is 0 Å². The highest BCUT2D eigenvalue weighted by Gasteiger charge is 2.44. The summed E-state index contributed by atoms with van der Waals surface area (Å²) < 4.78 is 11.2. The molecular formula is C52H83NO8. The van der Waals surface area contributed by atoms with Crippen molar-refractivity contribution >= 4 is 5.91 Å². The number of allylic oxidation sites excluding steroid dienone is 19. The van der Waals surface area contributed by atoms with Gasteiger partial charge in [0.2, 0.25) is 5.91 Å². The second-order valence-corrected chi connectivity index (χ2v) is 15.5. The summed E-state index contributed by atoms with van der Waals surface area (Å²) >= 11 is 0. The van der Waals surface area contributed by atoms with Gasteiger partial charge in [-0.1, -0.05) is 161 Å². The van der Waals surface area contributed by atoms with Crippen LogP contribution >= 0.6 is 0 Å². The number of unbranched alkanes of at least 4 members (excludes halogenated alkanes) is 8. The molecule has 0 aromatic carbocycles. The zero-order valence-electron chi connectivity index (χ0n) is 37.6. The second kappa shape index (κ2) is 40.6. The zero-order valence-corrected chi connectivity index (χ0v) is 37.6. The predicted molar refractivity (Wildman–Crippen MR) is 253 cm³/mol. The number of aliphatic hydroxyl groups excluding tert-OH is 5. The molecule has 0 aromatic rings. The van der Waals surface area contributed by atoms with Crippen molar-refractivity contribution < 1.29 is 39.8 Å². The molecule has 1 rings (SSSR count). The first-order valence-electron chi connectivity index (χ1n) is 23.3. The Morgan fingerprint density at radius 3 is 1.56 bits per heavy atom. The van der Waals surface area contributed by atoms with Gasteiger partial charge in [-0.05, 0) is 96.3 Å². The van der Waals surface area contributed by atoms with E-state index in [4.69, 9.17) is 9.47 Å². The molecule has 9 heteroatoms. The van der Waals surface area contributed by atoms with Gasteiger partial charge in [0, 0.05) is 6.42 Å². The molecule has 1 amide bonds. The van der Waals surface area contributed by atoms with E-state index in [9.17, 15) is 30.3 Å². The number of carbonyl (C=O) groups excluding carboxylic acids is 1. The number of rotatable bonds is 36. The molecule has 7 atom stereocenters. The number of hydrogen-bond acceptors (Lipinski definition) is 8. The van der Waals surface area contributed by atoms with Crippen molar-refractivity contribution in [3.05, 3.63) is 122 Å². The molecule has 61 heavy (non-hydrogen) atoms. The molecule has 0 bridgehead atoms. The van der Waals surface area contributed by atoms with Gasteiger partial charge >= 0.3 is 0 Å². The van der Waals surface area contributed by atoms with Crippen molar-refractivity contribution in [2.24, 2.45) is 0 Å². The minimum Gasteiger partial charge on any atom is -0.394 e. The van der Waals surface area contributed by atoms with Gasteiger partial charge in [-0.25, -0.2) is 0 Å². The van der Waals surface area contributed by atoms with Crippen LogP contribution in [0.1, 0.15) is 142 Å². The largest absolute Gasteiger partial charge is 0.394 e. The van der Waals surface area contributed by atoms with E-state index < -0.39 is 49.5 Å². The Morgan fingerprint density at radius 2 is 1.03 bits per heavy atom. The van der Waals surface area contributed by atoms with Crippen molar-refractivity contribution in [2.45, 2.75) is 185 Å². The van der Waals surface area contributed by atoms with E-state index in [1.165, 1.54) is 32.1 Å². The fraction of sp³-hybridized carbons (Fsp3) is 0.596. The first-order chi connectivity index (χ1) is 29.8. The van der Waals surface area contributed by atoms with Crippen LogP contribution in [0, 0.1) is 0 Å². The smallest absolute Gasteiger partial charge is 0.220 e. The van der Waals surface area contributed by atoms with E-state index >= 15 is 0 Å². The van der Waals surface area contributed by atoms with Gasteiger partial charge in [-0.3, -0.25) is 4.79 Å². The zero-order chi connectivity index (χ0) is 44.4. The number of ether oxygens (including phenoxy) is 2. The quantitative estimate of drug-likeness (QED) is 0.0270. The molecule has 6 N–H and O–H groups in total. The van der Waals surface area contributed by atoms with Gasteiger partial charge in [0.1, 0.15) is 24.4 Å². The molecule has 0 radical (unpaired) electrons. The third kappa shape index (κ3) is 31.1. The normalized spacial score (nSPS) is 21.6. The molecule has 1 heterocycles. The van der Waals surface area contributed by atoms with Crippen LogP contribution in [-0.4, -0.2) is 87.5 Å². The highest BCUT2D eigenvalue weighted by atomic mass is 16.7. The van der Waals surface area contributed by atoms with E-state index in [1.807, 2.05) is 6.08 Å². The van der Waals surface area contributed by atoms with Crippen LogP contribution in [0.25, 0.3) is 0 Å². The SMILES string of the molecule is CC/C=C\C/C=C\C/C=C\C/C=C\C/C=C\C/C=C\C/C=C\C/C=C\CCCCC(=O)NC(COC1OC(CO)C(O)C(O)C1O)C(O)/C=C/CC/C=C/CCCCCCC. The monoisotopic (exact) mass is 850 g/mol. The van der Waals surface area contributed by atoms with Crippen LogP contribution in [0.5, 0.6) is 0 Å². The number of carbonyl (C=O) groups is 1. The Labute approximate surface area is 369 Å². The average Bonchev–Trinajstić information content (AvgIpc) is 3.26. The summed E-state index contributed by atoms with van der Waals surface area (Å²) in [5.74, 6) is -0.238. The minimum absolute atomic E-state index is 0.228. The molecule has 0 aromatic heterocycles. The standard InChI is InChI=1S/C52H83NO8/c1-3-5-7-9-11-13-15-16-17-18-19-20-21-22-23-24-25-26-27-28-29-30-32-34-36-38-40-42-48(56)53-45(44-60-52-51(59)50(58)49(57)47(43-54)61-52)46(55)41-39-37-35-33-31-14-12-10-8-6-4-2/h5,7,11,13,16-17,19-20,22-23,25-26,28-29,31-34,39,41,45-47,49-52,54-55,57-59H,3-4,6,8-10,12,14-15,18,21,24,27,30,35-38,40,42-44H2,1-2H3,(H,53,56)/b7-5-,13-11-,17-16-,20-19-,23-22-,26-25-,29-28-,33-31+,34-32-,41-39+. The second-order valence-electron chi connectivity index (χ2n) is 15.5. The summed E-state index contributed by atoms with van der Waals surface area (Å²) in [5.41, 5.74) is 0. The number of nitrogens with one attached hydrogen (secondary N) is 1. The Morgan fingerprint density at radius 1 is 0.574 bits per heavy atom. The third-order valence-electron chi connectivity index (χ3n) is 10.0. The molecule has 0 saturated carbocycles. The summed E-state index contributed by atoms with van der Waals surface area (Å²) in [7, 11) is 0. The number of aliphatic hydroxyl groups is 5. The van der Waals surface area contributed by atoms with E-state index in [0.29, 0.717) is 6.42 Å².